The summed E-state index contributed by atoms with van der Waals surface area (Å²) in [5.41, 5.74) is 3.16. The van der Waals surface area contributed by atoms with E-state index in [4.69, 9.17) is 0 Å². The van der Waals surface area contributed by atoms with Gasteiger partial charge in [0.1, 0.15) is 0 Å². The Morgan fingerprint density at radius 1 is 1.04 bits per heavy atom. The first kappa shape index (κ1) is 16.6. The molecule has 1 N–H and O–H groups in total. The minimum absolute atomic E-state index is 0.112. The zero-order valence-electron chi connectivity index (χ0n) is 14.8. The van der Waals surface area contributed by atoms with E-state index in [9.17, 15) is 4.79 Å². The predicted molar refractivity (Wildman–Crippen MR) is 102 cm³/mol. The van der Waals surface area contributed by atoms with Gasteiger partial charge in [-0.2, -0.15) is 5.10 Å². The maximum absolute atomic E-state index is 12.5. The number of benzene rings is 2. The smallest absolute Gasteiger partial charge is 0.221 e. The van der Waals surface area contributed by atoms with Crippen molar-refractivity contribution in [3.8, 4) is 5.69 Å². The van der Waals surface area contributed by atoms with Crippen LogP contribution in [0, 0.1) is 0 Å². The lowest BCUT2D eigenvalue weighted by molar-refractivity contribution is -0.124. The summed E-state index contributed by atoms with van der Waals surface area (Å²) >= 11 is 0. The molecule has 0 radical (unpaired) electrons. The molecule has 2 aromatic carbocycles. The molecule has 1 aliphatic rings. The third kappa shape index (κ3) is 3.40. The van der Waals surface area contributed by atoms with Crippen LogP contribution in [-0.4, -0.2) is 15.7 Å². The van der Waals surface area contributed by atoms with Crippen LogP contribution >= 0.6 is 0 Å². The van der Waals surface area contributed by atoms with Crippen LogP contribution in [0.4, 0.5) is 0 Å². The molecule has 0 bridgehead atoms. The normalized spacial score (nSPS) is 15.2. The van der Waals surface area contributed by atoms with Crippen LogP contribution in [-0.2, 0) is 16.8 Å². The van der Waals surface area contributed by atoms with Crippen LogP contribution in [0.3, 0.4) is 0 Å². The molecule has 0 atom stereocenters. The number of nitrogens with one attached hydrogen (secondary N) is 1. The summed E-state index contributed by atoms with van der Waals surface area (Å²) in [6.07, 6.45) is 8.23. The number of hydrogen-bond donors (Lipinski definition) is 1. The van der Waals surface area contributed by atoms with Gasteiger partial charge in [-0.1, -0.05) is 48.5 Å². The van der Waals surface area contributed by atoms with Crippen molar-refractivity contribution in [2.24, 2.45) is 0 Å². The van der Waals surface area contributed by atoms with Crippen LogP contribution < -0.4 is 5.32 Å². The lowest BCUT2D eigenvalue weighted by Gasteiger charge is -2.43. The van der Waals surface area contributed by atoms with Gasteiger partial charge in [-0.05, 0) is 48.9 Å². The van der Waals surface area contributed by atoms with Crippen LogP contribution in [0.5, 0.6) is 0 Å². The van der Waals surface area contributed by atoms with Crippen molar-refractivity contribution in [2.45, 2.75) is 37.6 Å². The van der Waals surface area contributed by atoms with E-state index in [1.54, 1.807) is 0 Å². The molecular formula is C22H23N3O. The molecular weight excluding hydrogens is 322 g/mol. The largest absolute Gasteiger partial charge is 0.347 e. The average molecular weight is 345 g/mol. The first-order chi connectivity index (χ1) is 12.8. The number of aromatic nitrogens is 2. The SMILES string of the molecule is O=C(CCc1cnn(-c2ccccc2)c1)NC1(c2ccccc2)CCC1. The Labute approximate surface area is 153 Å². The molecule has 4 heteroatoms. The zero-order valence-corrected chi connectivity index (χ0v) is 14.8. The number of amides is 1. The maximum atomic E-state index is 12.5. The Bertz CT molecular complexity index is 867. The van der Waals surface area contributed by atoms with Gasteiger partial charge in [0.25, 0.3) is 0 Å². The molecule has 1 aliphatic carbocycles. The summed E-state index contributed by atoms with van der Waals surface area (Å²) in [5, 5.41) is 7.69. The van der Waals surface area contributed by atoms with E-state index in [2.05, 4.69) is 22.5 Å². The number of para-hydroxylation sites is 1. The molecule has 1 aromatic heterocycles. The van der Waals surface area contributed by atoms with Gasteiger partial charge >= 0.3 is 0 Å². The van der Waals surface area contributed by atoms with Crippen molar-refractivity contribution in [1.29, 1.82) is 0 Å². The topological polar surface area (TPSA) is 46.9 Å². The van der Waals surface area contributed by atoms with Crippen molar-refractivity contribution in [3.63, 3.8) is 0 Å². The Morgan fingerprint density at radius 3 is 2.38 bits per heavy atom. The average Bonchev–Trinajstić information content (AvgIpc) is 3.14. The number of rotatable bonds is 6. The second-order valence-electron chi connectivity index (χ2n) is 6.98. The first-order valence-electron chi connectivity index (χ1n) is 9.21. The lowest BCUT2D eigenvalue weighted by Crippen LogP contribution is -2.50. The molecule has 132 valence electrons. The van der Waals surface area contributed by atoms with E-state index >= 15 is 0 Å². The van der Waals surface area contributed by atoms with Gasteiger partial charge in [0.15, 0.2) is 0 Å². The quantitative estimate of drug-likeness (QED) is 0.734. The Balaban J connectivity index is 1.37. The molecule has 4 rings (SSSR count). The highest BCUT2D eigenvalue weighted by Gasteiger charge is 2.39. The number of carbonyl (C=O) groups excluding carboxylic acids is 1. The van der Waals surface area contributed by atoms with Gasteiger partial charge in [0.05, 0.1) is 17.4 Å². The second-order valence-corrected chi connectivity index (χ2v) is 6.98. The number of hydrogen-bond acceptors (Lipinski definition) is 2. The first-order valence-corrected chi connectivity index (χ1v) is 9.21. The van der Waals surface area contributed by atoms with E-state index in [0.717, 1.165) is 24.1 Å². The fraction of sp³-hybridized carbons (Fsp3) is 0.273. The zero-order chi connectivity index (χ0) is 17.8. The van der Waals surface area contributed by atoms with Crippen LogP contribution in [0.1, 0.15) is 36.8 Å². The highest BCUT2D eigenvalue weighted by Crippen LogP contribution is 2.41. The highest BCUT2D eigenvalue weighted by molar-refractivity contribution is 5.77. The fourth-order valence-electron chi connectivity index (χ4n) is 3.57. The van der Waals surface area contributed by atoms with E-state index in [1.165, 1.54) is 12.0 Å². The molecule has 1 saturated carbocycles. The van der Waals surface area contributed by atoms with E-state index < -0.39 is 0 Å². The second kappa shape index (κ2) is 7.16. The van der Waals surface area contributed by atoms with Gasteiger partial charge in [0, 0.05) is 12.6 Å². The van der Waals surface area contributed by atoms with Crippen LogP contribution in [0.25, 0.3) is 5.69 Å². The molecule has 1 amide bonds. The summed E-state index contributed by atoms with van der Waals surface area (Å²) in [5.74, 6) is 0.112. The Kier molecular flexibility index (Phi) is 4.57. The van der Waals surface area contributed by atoms with Crippen LogP contribution in [0.15, 0.2) is 73.1 Å². The van der Waals surface area contributed by atoms with Crippen molar-refractivity contribution >= 4 is 5.91 Å². The van der Waals surface area contributed by atoms with Crippen LogP contribution in [0.2, 0.25) is 0 Å². The number of carbonyl (C=O) groups is 1. The molecule has 3 aromatic rings. The molecule has 26 heavy (non-hydrogen) atoms. The molecule has 0 aliphatic heterocycles. The molecule has 0 spiro atoms. The van der Waals surface area contributed by atoms with Gasteiger partial charge in [-0.25, -0.2) is 4.68 Å². The van der Waals surface area contributed by atoms with Gasteiger partial charge < -0.3 is 5.32 Å². The molecule has 0 unspecified atom stereocenters. The summed E-state index contributed by atoms with van der Waals surface area (Å²) in [4.78, 5) is 12.5. The number of nitrogens with zero attached hydrogens (tertiary/aromatic N) is 2. The van der Waals surface area contributed by atoms with E-state index in [1.807, 2.05) is 65.6 Å². The van der Waals surface area contributed by atoms with Crippen molar-refractivity contribution < 1.29 is 4.79 Å². The van der Waals surface area contributed by atoms with Crippen molar-refractivity contribution in [3.05, 3.63) is 84.2 Å². The van der Waals surface area contributed by atoms with Gasteiger partial charge in [-0.15, -0.1) is 0 Å². The van der Waals surface area contributed by atoms with Crippen molar-refractivity contribution in [2.75, 3.05) is 0 Å². The molecule has 0 saturated heterocycles. The summed E-state index contributed by atoms with van der Waals surface area (Å²) < 4.78 is 1.85. The van der Waals surface area contributed by atoms with Gasteiger partial charge in [-0.3, -0.25) is 4.79 Å². The monoisotopic (exact) mass is 345 g/mol. The van der Waals surface area contributed by atoms with Crippen molar-refractivity contribution in [1.82, 2.24) is 15.1 Å². The molecule has 4 nitrogen and oxygen atoms in total. The fourth-order valence-corrected chi connectivity index (χ4v) is 3.57. The standard InChI is InChI=1S/C22H23N3O/c26-21(24-22(14-7-15-22)19-8-3-1-4-9-19)13-12-18-16-23-25(17-18)20-10-5-2-6-11-20/h1-6,8-11,16-17H,7,12-15H2,(H,24,26). The summed E-state index contributed by atoms with van der Waals surface area (Å²) in [6, 6.07) is 20.3. The van der Waals surface area contributed by atoms with E-state index in [0.29, 0.717) is 12.8 Å². The lowest BCUT2D eigenvalue weighted by atomic mass is 9.71. The Morgan fingerprint density at radius 2 is 1.73 bits per heavy atom. The van der Waals surface area contributed by atoms with E-state index in [-0.39, 0.29) is 11.4 Å². The maximum Gasteiger partial charge on any atom is 0.221 e. The third-order valence-corrected chi connectivity index (χ3v) is 5.21. The predicted octanol–water partition coefficient (Wildman–Crippen LogP) is 4.00. The minimum atomic E-state index is -0.160. The number of aryl methyl sites for hydroxylation is 1. The Hall–Kier alpha value is -2.88. The van der Waals surface area contributed by atoms with Gasteiger partial charge in [0.2, 0.25) is 5.91 Å². The highest BCUT2D eigenvalue weighted by atomic mass is 16.1. The summed E-state index contributed by atoms with van der Waals surface area (Å²) in [7, 11) is 0. The molecule has 1 fully saturated rings. The minimum Gasteiger partial charge on any atom is -0.347 e. The molecule has 1 heterocycles. The summed E-state index contributed by atoms with van der Waals surface area (Å²) in [6.45, 7) is 0. The third-order valence-electron chi connectivity index (χ3n) is 5.21.